The first-order chi connectivity index (χ1) is 10.3. The van der Waals surface area contributed by atoms with Gasteiger partial charge in [-0.1, -0.05) is 36.4 Å². The molecule has 0 radical (unpaired) electrons. The zero-order valence-corrected chi connectivity index (χ0v) is 11.7. The SMILES string of the molecule is C1CNCCN1.Fc1cccc(C2C3=CC=C2C=C3)c1F. The Labute approximate surface area is 123 Å². The Kier molecular flexibility index (Phi) is 4.27. The summed E-state index contributed by atoms with van der Waals surface area (Å²) in [6.07, 6.45) is 7.80. The van der Waals surface area contributed by atoms with Crippen molar-refractivity contribution < 1.29 is 8.78 Å². The van der Waals surface area contributed by atoms with Crippen molar-refractivity contribution in [1.29, 1.82) is 0 Å². The molecule has 3 aliphatic rings. The molecule has 110 valence electrons. The van der Waals surface area contributed by atoms with Gasteiger partial charge in [-0.15, -0.1) is 0 Å². The molecule has 0 aromatic heterocycles. The molecule has 1 fully saturated rings. The molecule has 2 N–H and O–H groups in total. The molecule has 1 aliphatic heterocycles. The van der Waals surface area contributed by atoms with Gasteiger partial charge >= 0.3 is 0 Å². The molecule has 0 atom stereocenters. The summed E-state index contributed by atoms with van der Waals surface area (Å²) in [5.41, 5.74) is 2.50. The Balaban J connectivity index is 0.000000186. The van der Waals surface area contributed by atoms with E-state index in [1.54, 1.807) is 12.1 Å². The van der Waals surface area contributed by atoms with Crippen molar-refractivity contribution in [2.45, 2.75) is 5.92 Å². The number of fused-ring (bicyclic) bond motifs is 2. The lowest BCUT2D eigenvalue weighted by Crippen LogP contribution is -2.39. The monoisotopic (exact) mass is 288 g/mol. The minimum atomic E-state index is -0.778. The molecule has 0 spiro atoms. The lowest BCUT2D eigenvalue weighted by molar-refractivity contribution is 0.498. The lowest BCUT2D eigenvalue weighted by Gasteiger charge is -2.12. The van der Waals surface area contributed by atoms with Crippen molar-refractivity contribution in [2.75, 3.05) is 26.2 Å². The van der Waals surface area contributed by atoms with E-state index in [4.69, 9.17) is 0 Å². The number of rotatable bonds is 1. The Morgan fingerprint density at radius 3 is 1.90 bits per heavy atom. The average Bonchev–Trinajstić information content (AvgIpc) is 3.13. The first kappa shape index (κ1) is 14.2. The summed E-state index contributed by atoms with van der Waals surface area (Å²) in [5, 5.41) is 6.44. The second kappa shape index (κ2) is 6.33. The maximum Gasteiger partial charge on any atom is 0.162 e. The van der Waals surface area contributed by atoms with Gasteiger partial charge in [0.2, 0.25) is 0 Å². The van der Waals surface area contributed by atoms with Gasteiger partial charge in [0.1, 0.15) is 0 Å². The van der Waals surface area contributed by atoms with Gasteiger partial charge < -0.3 is 10.6 Å². The molecule has 4 heteroatoms. The van der Waals surface area contributed by atoms with Crippen LogP contribution in [0, 0.1) is 11.6 Å². The van der Waals surface area contributed by atoms with Crippen LogP contribution in [0.15, 0.2) is 53.6 Å². The van der Waals surface area contributed by atoms with Gasteiger partial charge in [0.15, 0.2) is 11.6 Å². The van der Waals surface area contributed by atoms with Gasteiger partial charge in [-0.05, 0) is 17.2 Å². The predicted octanol–water partition coefficient (Wildman–Crippen LogP) is 2.66. The number of nitrogens with one attached hydrogen (secondary N) is 2. The molecular weight excluding hydrogens is 270 g/mol. The number of piperazine rings is 1. The van der Waals surface area contributed by atoms with Crippen LogP contribution in [-0.2, 0) is 0 Å². The molecule has 4 rings (SSSR count). The molecule has 1 aromatic carbocycles. The van der Waals surface area contributed by atoms with Gasteiger partial charge in [0, 0.05) is 37.7 Å². The highest BCUT2D eigenvalue weighted by atomic mass is 19.2. The molecule has 2 bridgehead atoms. The summed E-state index contributed by atoms with van der Waals surface area (Å²) in [7, 11) is 0. The third-order valence-electron chi connectivity index (χ3n) is 3.85. The van der Waals surface area contributed by atoms with Crippen LogP contribution in [0.2, 0.25) is 0 Å². The van der Waals surface area contributed by atoms with Crippen LogP contribution in [0.3, 0.4) is 0 Å². The van der Waals surface area contributed by atoms with Crippen molar-refractivity contribution >= 4 is 0 Å². The van der Waals surface area contributed by atoms with E-state index in [0.717, 1.165) is 43.4 Å². The van der Waals surface area contributed by atoms with E-state index in [-0.39, 0.29) is 5.92 Å². The highest BCUT2D eigenvalue weighted by Crippen LogP contribution is 2.43. The minimum absolute atomic E-state index is 0.0966. The highest BCUT2D eigenvalue weighted by molar-refractivity contribution is 5.60. The number of allylic oxidation sites excluding steroid dienone is 6. The van der Waals surface area contributed by atoms with Gasteiger partial charge in [-0.2, -0.15) is 0 Å². The van der Waals surface area contributed by atoms with Gasteiger partial charge in [0.05, 0.1) is 0 Å². The normalized spacial score (nSPS) is 19.9. The van der Waals surface area contributed by atoms with Crippen LogP contribution in [-0.4, -0.2) is 26.2 Å². The quantitative estimate of drug-likeness (QED) is 0.830. The fraction of sp³-hybridized carbons (Fsp3) is 0.294. The summed E-state index contributed by atoms with van der Waals surface area (Å²) in [5.74, 6) is -1.61. The number of hydrogen-bond acceptors (Lipinski definition) is 2. The number of halogens is 2. The topological polar surface area (TPSA) is 24.1 Å². The van der Waals surface area contributed by atoms with Crippen molar-refractivity contribution in [3.63, 3.8) is 0 Å². The summed E-state index contributed by atoms with van der Waals surface area (Å²) in [6, 6.07) is 4.33. The number of hydrogen-bond donors (Lipinski definition) is 2. The average molecular weight is 288 g/mol. The van der Waals surface area contributed by atoms with Crippen LogP contribution in [0.25, 0.3) is 0 Å². The second-order valence-electron chi connectivity index (χ2n) is 5.24. The Hall–Kier alpha value is -1.78. The van der Waals surface area contributed by atoms with Crippen molar-refractivity contribution in [3.8, 4) is 0 Å². The molecule has 1 aromatic rings. The van der Waals surface area contributed by atoms with Gasteiger partial charge in [0.25, 0.3) is 0 Å². The molecule has 0 saturated carbocycles. The van der Waals surface area contributed by atoms with E-state index in [9.17, 15) is 8.78 Å². The van der Waals surface area contributed by atoms with Crippen molar-refractivity contribution in [1.82, 2.24) is 10.6 Å². The van der Waals surface area contributed by atoms with Crippen LogP contribution in [0.5, 0.6) is 0 Å². The fourth-order valence-electron chi connectivity index (χ4n) is 2.78. The standard InChI is InChI=1S/C13H8F2.C4H10N2/c14-11-3-1-2-10(13(11)15)12-8-4-5-9(12)7-6-8;1-2-6-4-3-5-1/h1-7,12H;5-6H,1-4H2. The van der Waals surface area contributed by atoms with E-state index in [2.05, 4.69) is 10.6 Å². The predicted molar refractivity (Wildman–Crippen MR) is 80.1 cm³/mol. The van der Waals surface area contributed by atoms with E-state index in [0.29, 0.717) is 5.56 Å². The smallest absolute Gasteiger partial charge is 0.162 e. The van der Waals surface area contributed by atoms with Gasteiger partial charge in [-0.25, -0.2) is 8.78 Å². The number of benzene rings is 1. The lowest BCUT2D eigenvalue weighted by atomic mass is 9.92. The summed E-state index contributed by atoms with van der Waals surface area (Å²) in [6.45, 7) is 4.56. The summed E-state index contributed by atoms with van der Waals surface area (Å²) < 4.78 is 26.6. The van der Waals surface area contributed by atoms with E-state index in [1.165, 1.54) is 0 Å². The molecule has 1 heterocycles. The first-order valence-electron chi connectivity index (χ1n) is 7.22. The third kappa shape index (κ3) is 2.96. The Bertz CT molecular complexity index is 580. The zero-order chi connectivity index (χ0) is 14.7. The molecule has 1 saturated heterocycles. The van der Waals surface area contributed by atoms with Crippen LogP contribution >= 0.6 is 0 Å². The maximum absolute atomic E-state index is 13.6. The van der Waals surface area contributed by atoms with Crippen LogP contribution < -0.4 is 10.6 Å². The molecule has 2 aliphatic carbocycles. The largest absolute Gasteiger partial charge is 0.314 e. The van der Waals surface area contributed by atoms with Crippen molar-refractivity contribution in [2.24, 2.45) is 0 Å². The molecule has 21 heavy (non-hydrogen) atoms. The first-order valence-corrected chi connectivity index (χ1v) is 7.22. The molecule has 0 unspecified atom stereocenters. The molecule has 2 nitrogen and oxygen atoms in total. The molecule has 0 amide bonds. The van der Waals surface area contributed by atoms with Crippen molar-refractivity contribution in [3.05, 3.63) is 70.8 Å². The van der Waals surface area contributed by atoms with E-state index >= 15 is 0 Å². The second-order valence-corrected chi connectivity index (χ2v) is 5.24. The maximum atomic E-state index is 13.6. The molecular formula is C17H18F2N2. The summed E-state index contributed by atoms with van der Waals surface area (Å²) >= 11 is 0. The van der Waals surface area contributed by atoms with E-state index in [1.807, 2.05) is 24.3 Å². The zero-order valence-electron chi connectivity index (χ0n) is 11.7. The van der Waals surface area contributed by atoms with Crippen LogP contribution in [0.1, 0.15) is 11.5 Å². The Morgan fingerprint density at radius 2 is 1.43 bits per heavy atom. The Morgan fingerprint density at radius 1 is 0.857 bits per heavy atom. The van der Waals surface area contributed by atoms with Gasteiger partial charge in [-0.3, -0.25) is 0 Å². The van der Waals surface area contributed by atoms with E-state index < -0.39 is 11.6 Å². The summed E-state index contributed by atoms with van der Waals surface area (Å²) in [4.78, 5) is 0. The minimum Gasteiger partial charge on any atom is -0.314 e. The fourth-order valence-corrected chi connectivity index (χ4v) is 2.78. The third-order valence-corrected chi connectivity index (χ3v) is 3.85. The van der Waals surface area contributed by atoms with Crippen LogP contribution in [0.4, 0.5) is 8.78 Å². The highest BCUT2D eigenvalue weighted by Gasteiger charge is 2.29.